The minimum atomic E-state index is -1.57. The third-order valence-electron chi connectivity index (χ3n) is 12.3. The van der Waals surface area contributed by atoms with Gasteiger partial charge in [-0.25, -0.2) is 28.5 Å². The Hall–Kier alpha value is -6.68. The number of amides is 2. The predicted molar refractivity (Wildman–Crippen MR) is 225 cm³/mol. The Balaban J connectivity index is 1.17. The highest BCUT2D eigenvalue weighted by atomic mass is 79.9. The van der Waals surface area contributed by atoms with Crippen LogP contribution in [0.4, 0.5) is 5.69 Å². The molecule has 4 atom stereocenters. The number of hydrazine groups is 1. The average Bonchev–Trinajstić information content (AvgIpc) is 3.63. The number of carbonyl (C=O) groups excluding carboxylic acids is 2. The lowest BCUT2D eigenvalue weighted by Crippen LogP contribution is -2.53. The number of carbonyl (C=O) groups is 2. The number of aromatic hydroxyl groups is 1. The number of halogens is 1. The normalized spacial score (nSPS) is 20.7. The number of aryl methyl sites for hydroxylation is 3. The minimum absolute atomic E-state index is 0.00985. The fourth-order valence-corrected chi connectivity index (χ4v) is 9.82. The molecule has 9 rings (SSSR count). The second-order valence-corrected chi connectivity index (χ2v) is 16.3. The molecule has 2 amide bonds. The van der Waals surface area contributed by atoms with Crippen molar-refractivity contribution in [1.82, 2.24) is 28.5 Å². The van der Waals surface area contributed by atoms with Gasteiger partial charge in [-0.05, 0) is 54.8 Å². The Kier molecular flexibility index (Phi) is 9.41. The predicted octanol–water partition coefficient (Wildman–Crippen LogP) is 4.71. The van der Waals surface area contributed by atoms with E-state index in [1.54, 1.807) is 43.4 Å². The number of anilines is 1. The highest BCUT2D eigenvalue weighted by Crippen LogP contribution is 2.62. The molecule has 4 heterocycles. The summed E-state index contributed by atoms with van der Waals surface area (Å²) in [6, 6.07) is 23.8. The number of allylic oxidation sites excluding steroid dienone is 2. The summed E-state index contributed by atoms with van der Waals surface area (Å²) in [5.74, 6) is -2.27. The lowest BCUT2D eigenvalue weighted by atomic mass is 9.53. The van der Waals surface area contributed by atoms with E-state index in [4.69, 9.17) is 9.47 Å². The van der Waals surface area contributed by atoms with E-state index in [1.165, 1.54) is 34.2 Å². The number of hydrogen-bond acceptors (Lipinski definition) is 10. The van der Waals surface area contributed by atoms with Gasteiger partial charge in [-0.3, -0.25) is 19.8 Å². The Bertz CT molecular complexity index is 2970. The molecular formula is C44H40BrN7O8. The average molecular weight is 875 g/mol. The summed E-state index contributed by atoms with van der Waals surface area (Å²) in [4.78, 5) is 77.2. The fraction of sp³-hybridized carbons (Fsp3) is 0.273. The third kappa shape index (κ3) is 5.75. The van der Waals surface area contributed by atoms with Gasteiger partial charge in [0.2, 0.25) is 0 Å². The third-order valence-corrected chi connectivity index (χ3v) is 12.8. The molecule has 1 saturated heterocycles. The SMILES string of the molecule is COc1cc2nc(CCn3c(=O)n4n(c3=O)C3CC5C(=O)N(Nc6ccc(C)cc6)C(=O)C5(c5ccccc5)C(c5cc(Br)ccc5O)C3=CC4)c(=O)n(C)c2cc1OC. The van der Waals surface area contributed by atoms with E-state index in [9.17, 15) is 24.3 Å². The molecule has 16 heteroatoms. The first-order valence-electron chi connectivity index (χ1n) is 19.4. The number of benzene rings is 4. The van der Waals surface area contributed by atoms with E-state index in [-0.39, 0.29) is 37.4 Å². The Morgan fingerprint density at radius 1 is 0.917 bits per heavy atom. The van der Waals surface area contributed by atoms with Gasteiger partial charge in [0.15, 0.2) is 11.5 Å². The zero-order chi connectivity index (χ0) is 42.2. The van der Waals surface area contributed by atoms with Crippen LogP contribution in [0, 0.1) is 12.8 Å². The number of nitrogens with zero attached hydrogens (tertiary/aromatic N) is 6. The first-order chi connectivity index (χ1) is 28.9. The van der Waals surface area contributed by atoms with Gasteiger partial charge in [-0.1, -0.05) is 70.0 Å². The quantitative estimate of drug-likeness (QED) is 0.153. The van der Waals surface area contributed by atoms with Crippen molar-refractivity contribution >= 4 is 44.5 Å². The highest BCUT2D eigenvalue weighted by molar-refractivity contribution is 9.10. The van der Waals surface area contributed by atoms with Crippen molar-refractivity contribution in [1.29, 1.82) is 0 Å². The van der Waals surface area contributed by atoms with Gasteiger partial charge in [0.05, 0.1) is 54.9 Å². The van der Waals surface area contributed by atoms with Crippen LogP contribution in [0.5, 0.6) is 17.2 Å². The van der Waals surface area contributed by atoms with Gasteiger partial charge in [0.25, 0.3) is 17.4 Å². The summed E-state index contributed by atoms with van der Waals surface area (Å²) in [6.45, 7) is 1.75. The smallest absolute Gasteiger partial charge is 0.347 e. The van der Waals surface area contributed by atoms with E-state index in [1.807, 2.05) is 55.5 Å². The van der Waals surface area contributed by atoms with Crippen LogP contribution in [0.1, 0.15) is 40.8 Å². The van der Waals surface area contributed by atoms with Gasteiger partial charge in [-0.2, -0.15) is 5.01 Å². The molecule has 306 valence electrons. The molecule has 4 aromatic carbocycles. The maximum Gasteiger partial charge on any atom is 0.347 e. The summed E-state index contributed by atoms with van der Waals surface area (Å²) in [5.41, 5.74) is 4.06. The van der Waals surface area contributed by atoms with E-state index in [0.29, 0.717) is 49.4 Å². The molecular weight excluding hydrogens is 834 g/mol. The summed E-state index contributed by atoms with van der Waals surface area (Å²) >= 11 is 3.56. The number of nitrogens with one attached hydrogen (secondary N) is 1. The molecule has 4 unspecified atom stereocenters. The molecule has 1 saturated carbocycles. The molecule has 0 radical (unpaired) electrons. The number of methoxy groups -OCH3 is 2. The summed E-state index contributed by atoms with van der Waals surface area (Å²) in [5, 5.41) is 12.7. The molecule has 2 aliphatic heterocycles. The number of fused-ring (bicyclic) bond motifs is 5. The minimum Gasteiger partial charge on any atom is -0.508 e. The van der Waals surface area contributed by atoms with Crippen LogP contribution < -0.4 is 31.8 Å². The number of rotatable bonds is 9. The number of aromatic nitrogens is 5. The first-order valence-corrected chi connectivity index (χ1v) is 20.2. The Morgan fingerprint density at radius 2 is 1.63 bits per heavy atom. The van der Waals surface area contributed by atoms with Crippen LogP contribution >= 0.6 is 15.9 Å². The summed E-state index contributed by atoms with van der Waals surface area (Å²) < 4.78 is 16.7. The van der Waals surface area contributed by atoms with Crippen molar-refractivity contribution in [3.8, 4) is 17.2 Å². The second-order valence-electron chi connectivity index (χ2n) is 15.3. The maximum atomic E-state index is 15.3. The number of imide groups is 1. The van der Waals surface area contributed by atoms with Crippen molar-refractivity contribution in [2.24, 2.45) is 13.0 Å². The van der Waals surface area contributed by atoms with Crippen molar-refractivity contribution < 1.29 is 24.2 Å². The van der Waals surface area contributed by atoms with Crippen molar-refractivity contribution in [2.75, 3.05) is 19.6 Å². The van der Waals surface area contributed by atoms with E-state index >= 15 is 4.79 Å². The molecule has 2 aromatic heterocycles. The number of hydrogen-bond donors (Lipinski definition) is 2. The molecule has 6 aromatic rings. The fourth-order valence-electron chi connectivity index (χ4n) is 9.44. The highest BCUT2D eigenvalue weighted by Gasteiger charge is 2.69. The molecule has 0 spiro atoms. The largest absolute Gasteiger partial charge is 0.508 e. The second kappa shape index (κ2) is 14.5. The zero-order valence-electron chi connectivity index (χ0n) is 33.1. The summed E-state index contributed by atoms with van der Waals surface area (Å²) in [7, 11) is 4.60. The monoisotopic (exact) mass is 873 g/mol. The molecule has 1 aliphatic carbocycles. The van der Waals surface area contributed by atoms with Crippen LogP contribution in [-0.2, 0) is 41.6 Å². The standard InChI is InChI=1S/C44H40BrN7O8/c1-24-10-13-27(14-11-24)47-51-39(54)30-21-33-28(38(29-20-26(45)12-15-35(29)53)44(30,41(51)56)25-8-6-5-7-9-25)16-19-50-42(57)49(43(58)52(33)50)18-17-31-40(55)48(2)34-23-37(60-4)36(59-3)22-32(34)46-31/h5-16,20,22-23,30,33,38,47,53H,17-19,21H2,1-4H3. The van der Waals surface area contributed by atoms with Crippen molar-refractivity contribution in [3.63, 3.8) is 0 Å². The maximum absolute atomic E-state index is 15.3. The van der Waals surface area contributed by atoms with Gasteiger partial charge in [0, 0.05) is 48.1 Å². The zero-order valence-corrected chi connectivity index (χ0v) is 34.7. The van der Waals surface area contributed by atoms with Gasteiger partial charge in [-0.15, -0.1) is 0 Å². The van der Waals surface area contributed by atoms with E-state index < -0.39 is 52.0 Å². The van der Waals surface area contributed by atoms with E-state index in [0.717, 1.165) is 15.1 Å². The van der Waals surface area contributed by atoms with Gasteiger partial charge in [0.1, 0.15) is 11.4 Å². The molecule has 2 fully saturated rings. The topological polar surface area (TPSA) is 172 Å². The molecule has 15 nitrogen and oxygen atoms in total. The first kappa shape index (κ1) is 38.8. The number of phenols is 1. The van der Waals surface area contributed by atoms with Crippen LogP contribution in [0.25, 0.3) is 11.0 Å². The molecule has 0 bridgehead atoms. The number of phenolic OH excluding ortho intramolecular Hbond substituents is 1. The van der Waals surface area contributed by atoms with E-state index in [2.05, 4.69) is 26.3 Å². The molecule has 3 aliphatic rings. The molecule has 60 heavy (non-hydrogen) atoms. The lowest BCUT2D eigenvalue weighted by molar-refractivity contribution is -0.138. The van der Waals surface area contributed by atoms with Crippen molar-refractivity contribution in [2.45, 2.75) is 50.2 Å². The lowest BCUT2D eigenvalue weighted by Gasteiger charge is -2.49. The van der Waals surface area contributed by atoms with Crippen LogP contribution in [0.2, 0.25) is 0 Å². The van der Waals surface area contributed by atoms with Gasteiger partial charge < -0.3 is 19.1 Å². The Morgan fingerprint density at radius 3 is 2.35 bits per heavy atom. The van der Waals surface area contributed by atoms with Crippen LogP contribution in [0.3, 0.4) is 0 Å². The Labute approximate surface area is 350 Å². The number of ether oxygens (including phenoxy) is 2. The molecule has 2 N–H and O–H groups in total. The van der Waals surface area contributed by atoms with Gasteiger partial charge >= 0.3 is 11.4 Å². The van der Waals surface area contributed by atoms with Crippen molar-refractivity contribution in [3.05, 3.63) is 155 Å². The van der Waals surface area contributed by atoms with Crippen LogP contribution in [0.15, 0.2) is 115 Å². The van der Waals surface area contributed by atoms with Crippen LogP contribution in [-0.4, -0.2) is 59.6 Å². The summed E-state index contributed by atoms with van der Waals surface area (Å²) in [6.07, 6.45) is 1.78.